The van der Waals surface area contributed by atoms with Crippen LogP contribution in [0.4, 0.5) is 17.1 Å². The number of carbonyl (C=O) groups excluding carboxylic acids is 1. The lowest BCUT2D eigenvalue weighted by molar-refractivity contribution is -0.114. The zero-order chi connectivity index (χ0) is 25.1. The Hall–Kier alpha value is -2.60. The standard InChI is InChI=1S/C22H21BrClN3O5S2/c1-15-13-17(24)5-12-21(15)27(33(2,29)30)14-22(28)25-18-8-10-20(11-9-18)34(31,32)26-19-6-3-16(23)4-7-19/h3-13,26H,14H2,1-2H3,(H,25,28). The van der Waals surface area contributed by atoms with Crippen molar-refractivity contribution >= 4 is 70.5 Å². The summed E-state index contributed by atoms with van der Waals surface area (Å²) in [5.41, 5.74) is 1.65. The minimum atomic E-state index is -3.83. The quantitative estimate of drug-likeness (QED) is 0.400. The molecule has 0 saturated heterocycles. The third kappa shape index (κ3) is 6.72. The van der Waals surface area contributed by atoms with E-state index in [0.717, 1.165) is 15.0 Å². The van der Waals surface area contributed by atoms with Crippen LogP contribution in [0.2, 0.25) is 5.02 Å². The molecule has 3 rings (SSSR count). The van der Waals surface area contributed by atoms with Crippen LogP contribution in [0.15, 0.2) is 76.1 Å². The van der Waals surface area contributed by atoms with E-state index in [1.54, 1.807) is 43.3 Å². The van der Waals surface area contributed by atoms with Gasteiger partial charge in [0.05, 0.1) is 16.8 Å². The average molecular weight is 587 g/mol. The Labute approximate surface area is 212 Å². The van der Waals surface area contributed by atoms with Crippen molar-refractivity contribution in [1.29, 1.82) is 0 Å². The van der Waals surface area contributed by atoms with Crippen LogP contribution in [0.5, 0.6) is 0 Å². The van der Waals surface area contributed by atoms with Crippen molar-refractivity contribution in [1.82, 2.24) is 0 Å². The molecule has 0 aliphatic heterocycles. The highest BCUT2D eigenvalue weighted by Crippen LogP contribution is 2.26. The van der Waals surface area contributed by atoms with Gasteiger partial charge in [0.2, 0.25) is 15.9 Å². The lowest BCUT2D eigenvalue weighted by Crippen LogP contribution is -2.37. The van der Waals surface area contributed by atoms with Crippen molar-refractivity contribution in [3.63, 3.8) is 0 Å². The normalized spacial score (nSPS) is 11.6. The number of amides is 1. The van der Waals surface area contributed by atoms with Gasteiger partial charge in [0.15, 0.2) is 0 Å². The Bertz CT molecular complexity index is 1410. The summed E-state index contributed by atoms with van der Waals surface area (Å²) >= 11 is 9.24. The number of hydrogen-bond donors (Lipinski definition) is 2. The van der Waals surface area contributed by atoms with Crippen molar-refractivity contribution in [2.75, 3.05) is 27.1 Å². The largest absolute Gasteiger partial charge is 0.325 e. The predicted octanol–water partition coefficient (Wildman–Crippen LogP) is 4.62. The van der Waals surface area contributed by atoms with E-state index in [9.17, 15) is 21.6 Å². The number of halogens is 2. The molecule has 0 heterocycles. The zero-order valence-corrected chi connectivity index (χ0v) is 22.1. The number of anilines is 3. The van der Waals surface area contributed by atoms with Crippen molar-refractivity contribution in [2.45, 2.75) is 11.8 Å². The molecule has 180 valence electrons. The number of sulfonamides is 2. The predicted molar refractivity (Wildman–Crippen MR) is 138 cm³/mol. The second-order valence-corrected chi connectivity index (χ2v) is 12.3. The fraction of sp³-hybridized carbons (Fsp3) is 0.136. The smallest absolute Gasteiger partial charge is 0.261 e. The van der Waals surface area contributed by atoms with E-state index < -0.39 is 32.5 Å². The molecule has 12 heteroatoms. The molecule has 2 N–H and O–H groups in total. The first-order valence-corrected chi connectivity index (χ1v) is 14.3. The van der Waals surface area contributed by atoms with E-state index >= 15 is 0 Å². The van der Waals surface area contributed by atoms with Gasteiger partial charge in [0, 0.05) is 20.9 Å². The topological polar surface area (TPSA) is 113 Å². The number of nitrogens with zero attached hydrogens (tertiary/aromatic N) is 1. The molecule has 0 unspecified atom stereocenters. The van der Waals surface area contributed by atoms with E-state index in [0.29, 0.717) is 27.6 Å². The monoisotopic (exact) mass is 585 g/mol. The number of rotatable bonds is 8. The van der Waals surface area contributed by atoms with Gasteiger partial charge in [-0.15, -0.1) is 0 Å². The third-order valence-corrected chi connectivity index (χ3v) is 7.95. The van der Waals surface area contributed by atoms with Gasteiger partial charge in [-0.05, 0) is 79.2 Å². The molecule has 0 fully saturated rings. The fourth-order valence-electron chi connectivity index (χ4n) is 3.06. The van der Waals surface area contributed by atoms with Crippen LogP contribution in [-0.4, -0.2) is 35.5 Å². The molecule has 0 radical (unpaired) electrons. The summed E-state index contributed by atoms with van der Waals surface area (Å²) in [6.45, 7) is 1.23. The Kier molecular flexibility index (Phi) is 7.91. The highest BCUT2D eigenvalue weighted by atomic mass is 79.9. The van der Waals surface area contributed by atoms with Gasteiger partial charge in [-0.2, -0.15) is 0 Å². The maximum atomic E-state index is 12.6. The molecule has 3 aromatic carbocycles. The van der Waals surface area contributed by atoms with Crippen LogP contribution in [-0.2, 0) is 24.8 Å². The summed E-state index contributed by atoms with van der Waals surface area (Å²) in [7, 11) is -7.59. The molecule has 0 saturated carbocycles. The molecule has 1 amide bonds. The van der Waals surface area contributed by atoms with Gasteiger partial charge in [0.25, 0.3) is 10.0 Å². The van der Waals surface area contributed by atoms with Crippen molar-refractivity contribution < 1.29 is 21.6 Å². The summed E-state index contributed by atoms with van der Waals surface area (Å²) in [6, 6.07) is 16.9. The van der Waals surface area contributed by atoms with E-state index in [-0.39, 0.29) is 4.90 Å². The Morgan fingerprint density at radius 3 is 2.09 bits per heavy atom. The summed E-state index contributed by atoms with van der Waals surface area (Å²) < 4.78 is 54.1. The molecular weight excluding hydrogens is 566 g/mol. The lowest BCUT2D eigenvalue weighted by Gasteiger charge is -2.23. The zero-order valence-electron chi connectivity index (χ0n) is 18.1. The molecule has 8 nitrogen and oxygen atoms in total. The molecule has 0 spiro atoms. The number of aryl methyl sites for hydroxylation is 1. The highest BCUT2D eigenvalue weighted by Gasteiger charge is 2.23. The van der Waals surface area contributed by atoms with Crippen molar-refractivity contribution in [3.8, 4) is 0 Å². The third-order valence-electron chi connectivity index (χ3n) is 4.66. The molecule has 0 aliphatic carbocycles. The van der Waals surface area contributed by atoms with Crippen LogP contribution in [0.25, 0.3) is 0 Å². The number of hydrogen-bond acceptors (Lipinski definition) is 5. The van der Waals surface area contributed by atoms with E-state index in [1.165, 1.54) is 30.3 Å². The minimum Gasteiger partial charge on any atom is -0.325 e. The first-order chi connectivity index (χ1) is 15.8. The molecule has 0 aromatic heterocycles. The summed E-state index contributed by atoms with van der Waals surface area (Å²) in [4.78, 5) is 12.6. The van der Waals surface area contributed by atoms with Crippen LogP contribution in [0.1, 0.15) is 5.56 Å². The molecular formula is C22H21BrClN3O5S2. The number of carbonyl (C=O) groups is 1. The van der Waals surface area contributed by atoms with Crippen LogP contribution in [0.3, 0.4) is 0 Å². The Balaban J connectivity index is 1.72. The second-order valence-electron chi connectivity index (χ2n) is 7.39. The minimum absolute atomic E-state index is 0.00275. The SMILES string of the molecule is Cc1cc(Cl)ccc1N(CC(=O)Nc1ccc(S(=O)(=O)Nc2ccc(Br)cc2)cc1)S(C)(=O)=O. The van der Waals surface area contributed by atoms with E-state index in [1.807, 2.05) is 0 Å². The van der Waals surface area contributed by atoms with Gasteiger partial charge in [-0.3, -0.25) is 13.8 Å². The molecule has 0 atom stereocenters. The van der Waals surface area contributed by atoms with Gasteiger partial charge in [0.1, 0.15) is 6.54 Å². The second kappa shape index (κ2) is 10.3. The number of benzene rings is 3. The van der Waals surface area contributed by atoms with Crippen molar-refractivity contribution in [3.05, 3.63) is 81.8 Å². The van der Waals surface area contributed by atoms with Gasteiger partial charge in [-0.25, -0.2) is 16.8 Å². The van der Waals surface area contributed by atoms with E-state index in [2.05, 4.69) is 26.0 Å². The Morgan fingerprint density at radius 1 is 0.941 bits per heavy atom. The van der Waals surface area contributed by atoms with Crippen LogP contribution in [0, 0.1) is 6.92 Å². The van der Waals surface area contributed by atoms with Crippen LogP contribution >= 0.6 is 27.5 Å². The van der Waals surface area contributed by atoms with Crippen molar-refractivity contribution in [2.24, 2.45) is 0 Å². The molecule has 3 aromatic rings. The average Bonchev–Trinajstić information content (AvgIpc) is 2.74. The van der Waals surface area contributed by atoms with Gasteiger partial charge < -0.3 is 5.32 Å². The maximum Gasteiger partial charge on any atom is 0.261 e. The first kappa shape index (κ1) is 26.0. The Morgan fingerprint density at radius 2 is 1.53 bits per heavy atom. The summed E-state index contributed by atoms with van der Waals surface area (Å²) in [6.07, 6.45) is 1.01. The molecule has 0 bridgehead atoms. The summed E-state index contributed by atoms with van der Waals surface area (Å²) in [5.74, 6) is -0.594. The van der Waals surface area contributed by atoms with E-state index in [4.69, 9.17) is 11.6 Å². The maximum absolute atomic E-state index is 12.6. The lowest BCUT2D eigenvalue weighted by atomic mass is 10.2. The first-order valence-electron chi connectivity index (χ1n) is 9.77. The molecule has 0 aliphatic rings. The summed E-state index contributed by atoms with van der Waals surface area (Å²) in [5, 5.41) is 3.04. The fourth-order valence-corrected chi connectivity index (χ4v) is 5.52. The van der Waals surface area contributed by atoms with Gasteiger partial charge >= 0.3 is 0 Å². The van der Waals surface area contributed by atoms with Gasteiger partial charge in [-0.1, -0.05) is 27.5 Å². The van der Waals surface area contributed by atoms with Crippen LogP contribution < -0.4 is 14.3 Å². The highest BCUT2D eigenvalue weighted by molar-refractivity contribution is 9.10. The number of nitrogens with one attached hydrogen (secondary N) is 2. The molecule has 34 heavy (non-hydrogen) atoms.